The Balaban J connectivity index is 1.24. The zero-order valence-electron chi connectivity index (χ0n) is 17.5. The van der Waals surface area contributed by atoms with Crippen molar-refractivity contribution in [2.24, 2.45) is 0 Å². The van der Waals surface area contributed by atoms with Crippen LogP contribution in [-0.2, 0) is 6.54 Å². The molecule has 4 heterocycles. The van der Waals surface area contributed by atoms with Crippen LogP contribution in [0, 0.1) is 5.82 Å². The van der Waals surface area contributed by atoms with E-state index >= 15 is 0 Å². The van der Waals surface area contributed by atoms with E-state index in [0.717, 1.165) is 23.9 Å². The molecule has 1 saturated heterocycles. The third-order valence-electron chi connectivity index (χ3n) is 5.98. The monoisotopic (exact) mass is 430 g/mol. The first-order valence-corrected chi connectivity index (χ1v) is 10.7. The van der Waals surface area contributed by atoms with Gasteiger partial charge in [-0.2, -0.15) is 5.10 Å². The van der Waals surface area contributed by atoms with E-state index in [0.29, 0.717) is 48.1 Å². The van der Waals surface area contributed by atoms with Crippen LogP contribution in [0.3, 0.4) is 0 Å². The molecule has 0 spiro atoms. The maximum absolute atomic E-state index is 13.9. The largest absolute Gasteiger partial charge is 0.364 e. The number of carbonyl (C=O) groups is 1. The fraction of sp³-hybridized carbons (Fsp3) is 0.250. The molecule has 3 aromatic heterocycles. The first kappa shape index (κ1) is 20.1. The molecule has 0 saturated carbocycles. The molecule has 162 valence electrons. The number of hydrogen-bond donors (Lipinski definition) is 2. The summed E-state index contributed by atoms with van der Waals surface area (Å²) >= 11 is 0. The van der Waals surface area contributed by atoms with Gasteiger partial charge in [0, 0.05) is 54.8 Å². The number of aromatic amines is 1. The van der Waals surface area contributed by atoms with Crippen molar-refractivity contribution in [1.82, 2.24) is 25.1 Å². The summed E-state index contributed by atoms with van der Waals surface area (Å²) in [7, 11) is 0. The molecular weight excluding hydrogens is 407 g/mol. The molecule has 1 amide bonds. The van der Waals surface area contributed by atoms with Crippen molar-refractivity contribution in [3.05, 3.63) is 83.6 Å². The van der Waals surface area contributed by atoms with Crippen molar-refractivity contribution in [1.29, 1.82) is 0 Å². The van der Waals surface area contributed by atoms with Gasteiger partial charge in [0.25, 0.3) is 5.91 Å². The minimum absolute atomic E-state index is 0.0494. The first-order chi connectivity index (χ1) is 15.7. The molecule has 1 aliphatic heterocycles. The summed E-state index contributed by atoms with van der Waals surface area (Å²) in [6.45, 7) is 1.74. The Morgan fingerprint density at radius 3 is 2.66 bits per heavy atom. The molecule has 7 nitrogen and oxygen atoms in total. The highest BCUT2D eigenvalue weighted by atomic mass is 19.1. The Kier molecular flexibility index (Phi) is 5.49. The Hall–Kier alpha value is -3.81. The maximum Gasteiger partial charge on any atom is 0.253 e. The standard InChI is InChI=1S/C24H23FN6O/c25-20-4-2-1-3-18(20)15-27-22-19-5-6-21(28-23(19)30-29-22)16-9-13-31(14-10-16)24(32)17-7-11-26-12-8-17/h1-8,11-12,16H,9-10,13-15H2,(H2,27,28,29,30). The Morgan fingerprint density at radius 2 is 1.88 bits per heavy atom. The molecule has 32 heavy (non-hydrogen) atoms. The quantitative estimate of drug-likeness (QED) is 0.497. The van der Waals surface area contributed by atoms with Gasteiger partial charge in [0.05, 0.1) is 5.39 Å². The molecule has 0 unspecified atom stereocenters. The summed E-state index contributed by atoms with van der Waals surface area (Å²) in [5.41, 5.74) is 2.96. The van der Waals surface area contributed by atoms with Gasteiger partial charge in [0.1, 0.15) is 5.82 Å². The van der Waals surface area contributed by atoms with Crippen molar-refractivity contribution in [3.8, 4) is 0 Å². The molecule has 5 rings (SSSR count). The van der Waals surface area contributed by atoms with Gasteiger partial charge in [0.2, 0.25) is 0 Å². The number of hydrogen-bond acceptors (Lipinski definition) is 5. The number of rotatable bonds is 5. The Morgan fingerprint density at radius 1 is 1.09 bits per heavy atom. The zero-order chi connectivity index (χ0) is 21.9. The number of piperidine rings is 1. The second-order valence-corrected chi connectivity index (χ2v) is 7.95. The van der Waals surface area contributed by atoms with Crippen LogP contribution in [0.1, 0.15) is 40.4 Å². The lowest BCUT2D eigenvalue weighted by Crippen LogP contribution is -2.38. The first-order valence-electron chi connectivity index (χ1n) is 10.7. The lowest BCUT2D eigenvalue weighted by Gasteiger charge is -2.31. The second-order valence-electron chi connectivity index (χ2n) is 7.95. The summed E-state index contributed by atoms with van der Waals surface area (Å²) in [5.74, 6) is 0.751. The van der Waals surface area contributed by atoms with Crippen LogP contribution >= 0.6 is 0 Å². The topological polar surface area (TPSA) is 86.8 Å². The van der Waals surface area contributed by atoms with E-state index in [4.69, 9.17) is 4.98 Å². The molecule has 0 atom stereocenters. The number of amides is 1. The molecule has 1 aromatic carbocycles. The second kappa shape index (κ2) is 8.74. The number of halogens is 1. The molecular formula is C24H23FN6O. The molecule has 2 N–H and O–H groups in total. The predicted molar refractivity (Wildman–Crippen MR) is 120 cm³/mol. The number of pyridine rings is 2. The van der Waals surface area contributed by atoms with E-state index in [9.17, 15) is 9.18 Å². The number of nitrogens with zero attached hydrogens (tertiary/aromatic N) is 4. The van der Waals surface area contributed by atoms with Crippen molar-refractivity contribution in [2.75, 3.05) is 18.4 Å². The highest BCUT2D eigenvalue weighted by Crippen LogP contribution is 2.30. The minimum Gasteiger partial charge on any atom is -0.364 e. The maximum atomic E-state index is 13.9. The van der Waals surface area contributed by atoms with Gasteiger partial charge in [-0.3, -0.25) is 14.9 Å². The SMILES string of the molecule is O=C(c1ccncc1)N1CCC(c2ccc3c(NCc4ccccc4F)n[nH]c3n2)CC1. The smallest absolute Gasteiger partial charge is 0.253 e. The van der Waals surface area contributed by atoms with Crippen LogP contribution < -0.4 is 5.32 Å². The number of carbonyl (C=O) groups excluding carboxylic acids is 1. The van der Waals surface area contributed by atoms with Gasteiger partial charge in [-0.15, -0.1) is 0 Å². The van der Waals surface area contributed by atoms with Crippen molar-refractivity contribution in [2.45, 2.75) is 25.3 Å². The molecule has 1 aliphatic rings. The summed E-state index contributed by atoms with van der Waals surface area (Å²) in [5, 5.41) is 11.4. The van der Waals surface area contributed by atoms with Crippen LogP contribution in [0.5, 0.6) is 0 Å². The summed E-state index contributed by atoms with van der Waals surface area (Å²) in [4.78, 5) is 23.3. The molecule has 0 bridgehead atoms. The Labute approximate surface area is 184 Å². The van der Waals surface area contributed by atoms with E-state index in [1.807, 2.05) is 23.1 Å². The van der Waals surface area contributed by atoms with Gasteiger partial charge in [-0.1, -0.05) is 18.2 Å². The average Bonchev–Trinajstić information content (AvgIpc) is 3.26. The van der Waals surface area contributed by atoms with Crippen molar-refractivity contribution in [3.63, 3.8) is 0 Å². The molecule has 0 aliphatic carbocycles. The van der Waals surface area contributed by atoms with E-state index in [1.165, 1.54) is 6.07 Å². The highest BCUT2D eigenvalue weighted by Gasteiger charge is 2.25. The summed E-state index contributed by atoms with van der Waals surface area (Å²) in [6, 6.07) is 14.2. The van der Waals surface area contributed by atoms with E-state index in [-0.39, 0.29) is 11.7 Å². The fourth-order valence-corrected chi connectivity index (χ4v) is 4.16. The van der Waals surface area contributed by atoms with Crippen LogP contribution in [0.4, 0.5) is 10.2 Å². The van der Waals surface area contributed by atoms with E-state index in [2.05, 4.69) is 20.5 Å². The molecule has 4 aromatic rings. The number of aromatic nitrogens is 4. The lowest BCUT2D eigenvalue weighted by molar-refractivity contribution is 0.0712. The van der Waals surface area contributed by atoms with Crippen LogP contribution in [0.25, 0.3) is 11.0 Å². The van der Waals surface area contributed by atoms with E-state index in [1.54, 1.807) is 36.7 Å². The third kappa shape index (κ3) is 4.03. The van der Waals surface area contributed by atoms with E-state index < -0.39 is 0 Å². The minimum atomic E-state index is -0.242. The number of likely N-dealkylation sites (tertiary alicyclic amines) is 1. The van der Waals surface area contributed by atoms with Gasteiger partial charge in [-0.25, -0.2) is 9.37 Å². The third-order valence-corrected chi connectivity index (χ3v) is 5.98. The lowest BCUT2D eigenvalue weighted by atomic mass is 9.92. The fourth-order valence-electron chi connectivity index (χ4n) is 4.16. The van der Waals surface area contributed by atoms with Gasteiger partial charge >= 0.3 is 0 Å². The van der Waals surface area contributed by atoms with Crippen molar-refractivity contribution >= 4 is 22.8 Å². The number of fused-ring (bicyclic) bond motifs is 1. The number of H-pyrrole nitrogens is 1. The molecule has 0 radical (unpaired) electrons. The number of benzene rings is 1. The van der Waals surface area contributed by atoms with Crippen molar-refractivity contribution < 1.29 is 9.18 Å². The van der Waals surface area contributed by atoms with Crippen LogP contribution in [-0.4, -0.2) is 44.1 Å². The number of nitrogens with one attached hydrogen (secondary N) is 2. The van der Waals surface area contributed by atoms with Gasteiger partial charge < -0.3 is 10.2 Å². The van der Waals surface area contributed by atoms with Crippen LogP contribution in [0.2, 0.25) is 0 Å². The molecule has 8 heteroatoms. The Bertz CT molecular complexity index is 1230. The summed E-state index contributed by atoms with van der Waals surface area (Å²) < 4.78 is 13.9. The summed E-state index contributed by atoms with van der Waals surface area (Å²) in [6.07, 6.45) is 5.01. The van der Waals surface area contributed by atoms with Gasteiger partial charge in [-0.05, 0) is 43.2 Å². The average molecular weight is 430 g/mol. The molecule has 1 fully saturated rings. The normalized spacial score (nSPS) is 14.6. The van der Waals surface area contributed by atoms with Gasteiger partial charge in [0.15, 0.2) is 11.5 Å². The highest BCUT2D eigenvalue weighted by molar-refractivity contribution is 5.94. The zero-order valence-corrected chi connectivity index (χ0v) is 17.5. The number of anilines is 1. The van der Waals surface area contributed by atoms with Crippen LogP contribution in [0.15, 0.2) is 60.9 Å². The predicted octanol–water partition coefficient (Wildman–Crippen LogP) is 4.12.